The molecular weight excluding hydrogens is 460 g/mol. The van der Waals surface area contributed by atoms with Crippen LogP contribution in [0.2, 0.25) is 5.02 Å². The fraction of sp³-hybridized carbons (Fsp3) is 0.407. The van der Waals surface area contributed by atoms with Crippen LogP contribution >= 0.6 is 11.6 Å². The van der Waals surface area contributed by atoms with Crippen molar-refractivity contribution in [2.75, 3.05) is 31.1 Å². The van der Waals surface area contributed by atoms with E-state index in [2.05, 4.69) is 39.5 Å². The number of piperazine rings is 1. The van der Waals surface area contributed by atoms with Crippen LogP contribution < -0.4 is 4.90 Å². The minimum Gasteiger partial charge on any atom is -0.338 e. The van der Waals surface area contributed by atoms with Crippen molar-refractivity contribution in [1.82, 2.24) is 24.5 Å². The van der Waals surface area contributed by atoms with Crippen LogP contribution in [-0.2, 0) is 0 Å². The summed E-state index contributed by atoms with van der Waals surface area (Å²) in [6.07, 6.45) is 6.07. The van der Waals surface area contributed by atoms with E-state index in [1.54, 1.807) is 24.3 Å². The quantitative estimate of drug-likeness (QED) is 0.394. The van der Waals surface area contributed by atoms with Crippen LogP contribution in [0.25, 0.3) is 16.6 Å². The van der Waals surface area contributed by atoms with Gasteiger partial charge in [0.1, 0.15) is 5.82 Å². The van der Waals surface area contributed by atoms with E-state index >= 15 is 0 Å². The predicted octanol–water partition coefficient (Wildman–Crippen LogP) is 5.25. The van der Waals surface area contributed by atoms with E-state index in [0.29, 0.717) is 42.7 Å². The van der Waals surface area contributed by atoms with Crippen molar-refractivity contribution in [2.24, 2.45) is 0 Å². The van der Waals surface area contributed by atoms with E-state index in [1.807, 2.05) is 4.90 Å². The molecular formula is C27H29ClN6O. The van der Waals surface area contributed by atoms with Crippen molar-refractivity contribution in [3.05, 3.63) is 64.4 Å². The molecule has 180 valence electrons. The maximum atomic E-state index is 13.0. The van der Waals surface area contributed by atoms with E-state index in [0.717, 1.165) is 41.2 Å². The Kier molecular flexibility index (Phi) is 5.80. The first-order chi connectivity index (χ1) is 17.1. The molecule has 6 rings (SSSR count). The number of aryl methyl sites for hydroxylation is 1. The van der Waals surface area contributed by atoms with Gasteiger partial charge in [0.05, 0.1) is 5.52 Å². The molecule has 2 aromatic heterocycles. The fourth-order valence-electron chi connectivity index (χ4n) is 5.47. The molecule has 1 saturated carbocycles. The summed E-state index contributed by atoms with van der Waals surface area (Å²) in [5, 5.41) is 11.1. The molecule has 0 N–H and O–H groups in total. The largest absolute Gasteiger partial charge is 0.338 e. The monoisotopic (exact) mass is 488 g/mol. The summed E-state index contributed by atoms with van der Waals surface area (Å²) in [5.41, 5.74) is 3.67. The highest BCUT2D eigenvalue weighted by Crippen LogP contribution is 2.35. The second-order valence-corrected chi connectivity index (χ2v) is 10.2. The molecule has 8 heteroatoms. The average molecular weight is 489 g/mol. The van der Waals surface area contributed by atoms with E-state index in [-0.39, 0.29) is 5.91 Å². The average Bonchev–Trinajstić information content (AvgIpc) is 3.35. The zero-order valence-electron chi connectivity index (χ0n) is 20.0. The lowest BCUT2D eigenvalue weighted by atomic mass is 9.89. The molecule has 3 heterocycles. The number of amides is 1. The number of hydrogen-bond acceptors (Lipinski definition) is 5. The summed E-state index contributed by atoms with van der Waals surface area (Å²) in [7, 11) is 0. The Hall–Kier alpha value is -3.19. The van der Waals surface area contributed by atoms with E-state index in [4.69, 9.17) is 21.7 Å². The van der Waals surface area contributed by atoms with Crippen LogP contribution in [-0.4, -0.2) is 56.6 Å². The maximum Gasteiger partial charge on any atom is 0.253 e. The zero-order chi connectivity index (χ0) is 23.9. The van der Waals surface area contributed by atoms with Gasteiger partial charge in [-0.05, 0) is 56.2 Å². The molecule has 2 aliphatic rings. The molecule has 2 aromatic carbocycles. The highest BCUT2D eigenvalue weighted by molar-refractivity contribution is 6.30. The predicted molar refractivity (Wildman–Crippen MR) is 138 cm³/mol. The Morgan fingerprint density at radius 3 is 2.43 bits per heavy atom. The highest BCUT2D eigenvalue weighted by atomic mass is 35.5. The Morgan fingerprint density at radius 2 is 1.69 bits per heavy atom. The molecule has 1 aliphatic heterocycles. The molecule has 0 atom stereocenters. The topological polar surface area (TPSA) is 66.6 Å². The molecule has 2 fully saturated rings. The molecule has 4 aromatic rings. The second-order valence-electron chi connectivity index (χ2n) is 9.77. The van der Waals surface area contributed by atoms with Crippen LogP contribution in [0.1, 0.15) is 59.8 Å². The van der Waals surface area contributed by atoms with Gasteiger partial charge >= 0.3 is 0 Å². The van der Waals surface area contributed by atoms with Crippen LogP contribution in [0.5, 0.6) is 0 Å². The first-order valence-electron chi connectivity index (χ1n) is 12.5. The van der Waals surface area contributed by atoms with Gasteiger partial charge in [-0.2, -0.15) is 0 Å². The minimum absolute atomic E-state index is 0.0422. The molecule has 1 aliphatic carbocycles. The van der Waals surface area contributed by atoms with Crippen molar-refractivity contribution in [3.8, 4) is 0 Å². The summed E-state index contributed by atoms with van der Waals surface area (Å²) in [4.78, 5) is 22.3. The number of rotatable bonds is 3. The van der Waals surface area contributed by atoms with Crippen molar-refractivity contribution < 1.29 is 4.79 Å². The van der Waals surface area contributed by atoms with Gasteiger partial charge in [0, 0.05) is 48.1 Å². The Balaban J connectivity index is 1.35. The van der Waals surface area contributed by atoms with Crippen LogP contribution in [0.3, 0.4) is 0 Å². The summed E-state index contributed by atoms with van der Waals surface area (Å²) >= 11 is 6.00. The Bertz CT molecular complexity index is 1380. The van der Waals surface area contributed by atoms with Gasteiger partial charge in [0.15, 0.2) is 5.65 Å². The van der Waals surface area contributed by atoms with E-state index < -0.39 is 0 Å². The lowest BCUT2D eigenvalue weighted by molar-refractivity contribution is 0.0746. The summed E-state index contributed by atoms with van der Waals surface area (Å²) in [6.45, 7) is 4.79. The molecule has 0 unspecified atom stereocenters. The zero-order valence-corrected chi connectivity index (χ0v) is 20.7. The van der Waals surface area contributed by atoms with Crippen molar-refractivity contribution in [1.29, 1.82) is 0 Å². The summed E-state index contributed by atoms with van der Waals surface area (Å²) < 4.78 is 2.20. The first kappa shape index (κ1) is 22.3. The van der Waals surface area contributed by atoms with Gasteiger partial charge in [-0.25, -0.2) is 9.38 Å². The molecule has 0 radical (unpaired) electrons. The third kappa shape index (κ3) is 4.12. The Morgan fingerprint density at radius 1 is 0.943 bits per heavy atom. The second kappa shape index (κ2) is 9.11. The lowest BCUT2D eigenvalue weighted by Gasteiger charge is -2.36. The normalized spacial score (nSPS) is 17.4. The summed E-state index contributed by atoms with van der Waals surface area (Å²) in [6, 6.07) is 13.4. The van der Waals surface area contributed by atoms with E-state index in [1.165, 1.54) is 24.8 Å². The van der Waals surface area contributed by atoms with Crippen molar-refractivity contribution in [2.45, 2.75) is 44.9 Å². The third-order valence-electron chi connectivity index (χ3n) is 7.41. The smallest absolute Gasteiger partial charge is 0.253 e. The number of halogens is 1. The molecule has 0 spiro atoms. The van der Waals surface area contributed by atoms with Gasteiger partial charge in [0.2, 0.25) is 5.95 Å². The molecule has 1 saturated heterocycles. The number of carbonyl (C=O) groups excluding carboxylic acids is 1. The number of benzene rings is 2. The van der Waals surface area contributed by atoms with Gasteiger partial charge in [-0.1, -0.05) is 42.5 Å². The van der Waals surface area contributed by atoms with Crippen molar-refractivity contribution >= 4 is 40.0 Å². The first-order valence-corrected chi connectivity index (χ1v) is 12.9. The number of fused-ring (bicyclic) bond motifs is 3. The number of hydrogen-bond donors (Lipinski definition) is 0. The standard InChI is InChI=1S/C27H29ClN6O/c1-18-7-12-23-22(17-18)25-31-30-24(19-5-3-2-4-6-19)34(25)27(29-23)33-15-13-32(14-16-33)26(35)20-8-10-21(28)11-9-20/h7-12,17,19H,2-6,13-16H2,1H3. The highest BCUT2D eigenvalue weighted by Gasteiger charge is 2.28. The number of aromatic nitrogens is 4. The van der Waals surface area contributed by atoms with Crippen molar-refractivity contribution in [3.63, 3.8) is 0 Å². The molecule has 0 bridgehead atoms. The van der Waals surface area contributed by atoms with Gasteiger partial charge in [-0.3, -0.25) is 4.79 Å². The maximum absolute atomic E-state index is 13.0. The van der Waals surface area contributed by atoms with Gasteiger partial charge < -0.3 is 9.80 Å². The summed E-state index contributed by atoms with van der Waals surface area (Å²) in [5.74, 6) is 2.38. The SMILES string of the molecule is Cc1ccc2nc(N3CCN(C(=O)c4ccc(Cl)cc4)CC3)n3c(C4CCCCC4)nnc3c2c1. The molecule has 7 nitrogen and oxygen atoms in total. The Labute approximate surface area is 209 Å². The lowest BCUT2D eigenvalue weighted by Crippen LogP contribution is -2.49. The van der Waals surface area contributed by atoms with Crippen LogP contribution in [0.15, 0.2) is 42.5 Å². The van der Waals surface area contributed by atoms with Crippen LogP contribution in [0.4, 0.5) is 5.95 Å². The number of carbonyl (C=O) groups is 1. The number of nitrogens with zero attached hydrogens (tertiary/aromatic N) is 6. The molecule has 1 amide bonds. The van der Waals surface area contributed by atoms with Gasteiger partial charge in [-0.15, -0.1) is 10.2 Å². The number of anilines is 1. The third-order valence-corrected chi connectivity index (χ3v) is 7.66. The minimum atomic E-state index is 0.0422. The van der Waals surface area contributed by atoms with Crippen LogP contribution in [0, 0.1) is 6.92 Å². The molecule has 35 heavy (non-hydrogen) atoms. The van der Waals surface area contributed by atoms with Gasteiger partial charge in [0.25, 0.3) is 5.91 Å². The fourth-order valence-corrected chi connectivity index (χ4v) is 5.60. The van der Waals surface area contributed by atoms with E-state index in [9.17, 15) is 4.79 Å².